The summed E-state index contributed by atoms with van der Waals surface area (Å²) in [6, 6.07) is 16.1. The van der Waals surface area contributed by atoms with Gasteiger partial charge in [-0.05, 0) is 43.2 Å². The third-order valence-corrected chi connectivity index (χ3v) is 6.83. The minimum absolute atomic E-state index is 0.0440. The molecule has 188 valence electrons. The van der Waals surface area contributed by atoms with E-state index in [9.17, 15) is 19.5 Å². The second-order valence-corrected chi connectivity index (χ2v) is 9.00. The highest BCUT2D eigenvalue weighted by Gasteiger charge is 2.29. The van der Waals surface area contributed by atoms with Crippen LogP contribution >= 0.6 is 0 Å². The monoisotopic (exact) mass is 498 g/mol. The number of hydrogen-bond donors (Lipinski definition) is 2. The zero-order valence-electron chi connectivity index (χ0n) is 20.5. The van der Waals surface area contributed by atoms with Gasteiger partial charge in [0, 0.05) is 40.8 Å². The summed E-state index contributed by atoms with van der Waals surface area (Å²) in [4.78, 5) is 42.8. The predicted octanol–water partition coefficient (Wildman–Crippen LogP) is 4.39. The van der Waals surface area contributed by atoms with Gasteiger partial charge in [0.15, 0.2) is 5.43 Å². The third-order valence-electron chi connectivity index (χ3n) is 6.83. The lowest BCUT2D eigenvalue weighted by atomic mass is 9.88. The van der Waals surface area contributed by atoms with Crippen LogP contribution in [0.4, 0.5) is 0 Å². The van der Waals surface area contributed by atoms with Gasteiger partial charge >= 0.3 is 5.97 Å². The summed E-state index contributed by atoms with van der Waals surface area (Å²) in [5.41, 5.74) is 2.22. The number of aryl methyl sites for hydroxylation is 2. The van der Waals surface area contributed by atoms with Crippen LogP contribution < -0.4 is 11.0 Å². The SMILES string of the molecule is COC(=O)C[C@@H](c1coc2ccccc2c1=O)c1c(O)cc(C)n(CCc2c[nH]c3ccccc23)c1=O. The molecule has 2 aromatic carbocycles. The zero-order valence-corrected chi connectivity index (χ0v) is 20.5. The van der Waals surface area contributed by atoms with Crippen LogP contribution in [0.3, 0.4) is 0 Å². The van der Waals surface area contributed by atoms with Gasteiger partial charge in [-0.15, -0.1) is 0 Å². The molecule has 5 rings (SSSR count). The molecule has 3 heterocycles. The summed E-state index contributed by atoms with van der Waals surface area (Å²) >= 11 is 0. The van der Waals surface area contributed by atoms with Crippen molar-refractivity contribution in [1.82, 2.24) is 9.55 Å². The Bertz CT molecular complexity index is 1740. The number of esters is 1. The zero-order chi connectivity index (χ0) is 26.1. The van der Waals surface area contributed by atoms with E-state index in [-0.39, 0.29) is 28.7 Å². The second-order valence-electron chi connectivity index (χ2n) is 9.00. The number of fused-ring (bicyclic) bond motifs is 2. The molecule has 3 aromatic heterocycles. The van der Waals surface area contributed by atoms with Gasteiger partial charge in [0.25, 0.3) is 5.56 Å². The third kappa shape index (κ3) is 4.42. The van der Waals surface area contributed by atoms with Crippen molar-refractivity contribution in [3.05, 3.63) is 110 Å². The van der Waals surface area contributed by atoms with Crippen molar-refractivity contribution in [1.29, 1.82) is 0 Å². The normalized spacial score (nSPS) is 12.2. The highest BCUT2D eigenvalue weighted by Crippen LogP contribution is 2.32. The minimum Gasteiger partial charge on any atom is -0.507 e. The van der Waals surface area contributed by atoms with E-state index in [1.807, 2.05) is 30.5 Å². The minimum atomic E-state index is -1.05. The molecular formula is C29H26N2O6. The van der Waals surface area contributed by atoms with Gasteiger partial charge in [-0.2, -0.15) is 0 Å². The number of nitrogens with zero attached hydrogens (tertiary/aromatic N) is 1. The highest BCUT2D eigenvalue weighted by atomic mass is 16.5. The summed E-state index contributed by atoms with van der Waals surface area (Å²) in [6.07, 6.45) is 3.43. The van der Waals surface area contributed by atoms with E-state index in [1.165, 1.54) is 19.4 Å². The van der Waals surface area contributed by atoms with Crippen LogP contribution in [0.1, 0.15) is 34.7 Å². The Kier molecular flexibility index (Phi) is 6.40. The van der Waals surface area contributed by atoms with E-state index in [1.54, 1.807) is 35.8 Å². The number of aromatic amines is 1. The number of para-hydroxylation sites is 2. The predicted molar refractivity (Wildman–Crippen MR) is 140 cm³/mol. The molecule has 2 N–H and O–H groups in total. The molecule has 37 heavy (non-hydrogen) atoms. The molecule has 0 radical (unpaired) electrons. The summed E-state index contributed by atoms with van der Waals surface area (Å²) in [5, 5.41) is 12.3. The molecule has 8 nitrogen and oxygen atoms in total. The molecular weight excluding hydrogens is 472 g/mol. The van der Waals surface area contributed by atoms with Crippen LogP contribution in [0, 0.1) is 6.92 Å². The largest absolute Gasteiger partial charge is 0.507 e. The maximum absolute atomic E-state index is 13.8. The average molecular weight is 499 g/mol. The Morgan fingerprint density at radius 1 is 1.11 bits per heavy atom. The number of rotatable bonds is 7. The summed E-state index contributed by atoms with van der Waals surface area (Å²) in [5.74, 6) is -1.96. The lowest BCUT2D eigenvalue weighted by Gasteiger charge is -2.20. The van der Waals surface area contributed by atoms with Gasteiger partial charge in [-0.25, -0.2) is 0 Å². The molecule has 8 heteroatoms. The molecule has 0 saturated heterocycles. The molecule has 0 aliphatic carbocycles. The van der Waals surface area contributed by atoms with Crippen molar-refractivity contribution in [3.63, 3.8) is 0 Å². The first-order chi connectivity index (χ1) is 17.9. The van der Waals surface area contributed by atoms with Gasteiger partial charge in [-0.3, -0.25) is 14.4 Å². The van der Waals surface area contributed by atoms with Crippen LogP contribution in [-0.2, 0) is 22.5 Å². The number of aromatic hydroxyl groups is 1. The van der Waals surface area contributed by atoms with E-state index >= 15 is 0 Å². The molecule has 0 aliphatic rings. The standard InChI is InChI=1S/C29H26N2O6/c1-17-13-24(32)27(29(35)31(17)12-11-18-15-30-23-9-5-3-7-19(18)23)21(14-26(33)36-2)22-16-37-25-10-6-4-8-20(25)28(22)34/h3-10,13,15-16,21,30,32H,11-12,14H2,1-2H3/t21-/m0/s1. The lowest BCUT2D eigenvalue weighted by molar-refractivity contribution is -0.140. The van der Waals surface area contributed by atoms with Gasteiger partial charge in [0.2, 0.25) is 0 Å². The van der Waals surface area contributed by atoms with Crippen molar-refractivity contribution >= 4 is 27.8 Å². The van der Waals surface area contributed by atoms with Crippen LogP contribution in [0.5, 0.6) is 5.75 Å². The summed E-state index contributed by atoms with van der Waals surface area (Å²) in [7, 11) is 1.23. The molecule has 0 bridgehead atoms. The number of ether oxygens (including phenoxy) is 1. The maximum atomic E-state index is 13.8. The van der Waals surface area contributed by atoms with Gasteiger partial charge in [-0.1, -0.05) is 30.3 Å². The van der Waals surface area contributed by atoms with E-state index in [4.69, 9.17) is 9.15 Å². The first kappa shape index (κ1) is 24.1. The first-order valence-corrected chi connectivity index (χ1v) is 11.9. The summed E-state index contributed by atoms with van der Waals surface area (Å²) < 4.78 is 12.1. The number of carbonyl (C=O) groups is 1. The smallest absolute Gasteiger partial charge is 0.306 e. The number of carbonyl (C=O) groups excluding carboxylic acids is 1. The Balaban J connectivity index is 1.61. The van der Waals surface area contributed by atoms with E-state index in [2.05, 4.69) is 4.98 Å². The summed E-state index contributed by atoms with van der Waals surface area (Å²) in [6.45, 7) is 2.08. The van der Waals surface area contributed by atoms with Crippen LogP contribution in [0.2, 0.25) is 0 Å². The number of H-pyrrole nitrogens is 1. The highest BCUT2D eigenvalue weighted by molar-refractivity contribution is 5.83. The molecule has 0 amide bonds. The van der Waals surface area contributed by atoms with Crippen molar-refractivity contribution in [2.75, 3.05) is 7.11 Å². The Morgan fingerprint density at radius 3 is 2.62 bits per heavy atom. The lowest BCUT2D eigenvalue weighted by Crippen LogP contribution is -2.30. The van der Waals surface area contributed by atoms with E-state index in [0.29, 0.717) is 29.6 Å². The quantitative estimate of drug-likeness (QED) is 0.322. The Morgan fingerprint density at radius 2 is 1.84 bits per heavy atom. The van der Waals surface area contributed by atoms with Gasteiger partial charge in [0.05, 0.1) is 30.7 Å². The van der Waals surface area contributed by atoms with Crippen LogP contribution in [0.25, 0.3) is 21.9 Å². The Labute approximate surface area is 211 Å². The van der Waals surface area contributed by atoms with E-state index in [0.717, 1.165) is 16.5 Å². The maximum Gasteiger partial charge on any atom is 0.306 e. The van der Waals surface area contributed by atoms with Crippen LogP contribution in [-0.4, -0.2) is 27.7 Å². The van der Waals surface area contributed by atoms with Crippen molar-refractivity contribution in [2.24, 2.45) is 0 Å². The molecule has 5 aromatic rings. The first-order valence-electron chi connectivity index (χ1n) is 11.9. The molecule has 0 fully saturated rings. The van der Waals surface area contributed by atoms with E-state index < -0.39 is 17.4 Å². The van der Waals surface area contributed by atoms with Crippen LogP contribution in [0.15, 0.2) is 81.1 Å². The fourth-order valence-corrected chi connectivity index (χ4v) is 4.90. The second kappa shape index (κ2) is 9.81. The van der Waals surface area contributed by atoms with Gasteiger partial charge in [0.1, 0.15) is 11.3 Å². The molecule has 0 unspecified atom stereocenters. The number of aromatic nitrogens is 2. The molecule has 1 atom stereocenters. The van der Waals surface area contributed by atoms with Gasteiger partial charge < -0.3 is 23.8 Å². The van der Waals surface area contributed by atoms with Crippen molar-refractivity contribution in [2.45, 2.75) is 32.2 Å². The number of nitrogens with one attached hydrogen (secondary N) is 1. The Hall–Kier alpha value is -4.59. The fourth-order valence-electron chi connectivity index (χ4n) is 4.90. The number of pyridine rings is 1. The fraction of sp³-hybridized carbons (Fsp3) is 0.207. The number of benzene rings is 2. The average Bonchev–Trinajstić information content (AvgIpc) is 3.31. The molecule has 0 saturated carbocycles. The molecule has 0 aliphatic heterocycles. The topological polar surface area (TPSA) is 115 Å². The van der Waals surface area contributed by atoms with Crippen molar-refractivity contribution < 1.29 is 19.1 Å². The number of methoxy groups -OCH3 is 1. The number of hydrogen-bond acceptors (Lipinski definition) is 6. The molecule has 0 spiro atoms. The van der Waals surface area contributed by atoms with Crippen molar-refractivity contribution in [3.8, 4) is 5.75 Å².